The minimum absolute atomic E-state index is 0.0226. The van der Waals surface area contributed by atoms with Crippen LogP contribution in [0.25, 0.3) is 5.65 Å². The van der Waals surface area contributed by atoms with E-state index in [0.29, 0.717) is 28.6 Å². The fraction of sp³-hybridized carbons (Fsp3) is 0.267. The van der Waals surface area contributed by atoms with Crippen LogP contribution in [0.2, 0.25) is 0 Å². The molecule has 8 nitrogen and oxygen atoms in total. The van der Waals surface area contributed by atoms with Gasteiger partial charge in [-0.15, -0.1) is 10.2 Å². The molecule has 118 valence electrons. The molecule has 0 aliphatic heterocycles. The number of amides is 1. The van der Waals surface area contributed by atoms with Crippen molar-refractivity contribution in [3.05, 3.63) is 57.7 Å². The molecule has 8 heteroatoms. The molecule has 23 heavy (non-hydrogen) atoms. The molecule has 0 fully saturated rings. The van der Waals surface area contributed by atoms with Gasteiger partial charge in [-0.05, 0) is 26.0 Å². The van der Waals surface area contributed by atoms with Gasteiger partial charge >= 0.3 is 0 Å². The second kappa shape index (κ2) is 5.99. The van der Waals surface area contributed by atoms with Crippen LogP contribution in [-0.2, 0) is 17.8 Å². The highest BCUT2D eigenvalue weighted by molar-refractivity contribution is 5.78. The number of carbonyl (C=O) groups excluding carboxylic acids is 1. The highest BCUT2D eigenvalue weighted by Crippen LogP contribution is 2.03. The van der Waals surface area contributed by atoms with E-state index in [9.17, 15) is 9.59 Å². The molecular weight excluding hydrogens is 296 g/mol. The fourth-order valence-corrected chi connectivity index (χ4v) is 2.37. The number of aromatic amines is 1. The number of pyridine rings is 1. The second-order valence-electron chi connectivity index (χ2n) is 5.21. The van der Waals surface area contributed by atoms with Gasteiger partial charge in [0, 0.05) is 17.5 Å². The fourth-order valence-electron chi connectivity index (χ4n) is 2.37. The van der Waals surface area contributed by atoms with Crippen molar-refractivity contribution in [2.45, 2.75) is 26.8 Å². The Kier molecular flexibility index (Phi) is 3.88. The van der Waals surface area contributed by atoms with Gasteiger partial charge in [0.15, 0.2) is 11.5 Å². The third-order valence-corrected chi connectivity index (χ3v) is 3.51. The van der Waals surface area contributed by atoms with E-state index in [1.165, 1.54) is 0 Å². The number of rotatable bonds is 4. The lowest BCUT2D eigenvalue weighted by molar-refractivity contribution is -0.120. The summed E-state index contributed by atoms with van der Waals surface area (Å²) < 4.78 is 1.80. The van der Waals surface area contributed by atoms with E-state index in [1.807, 2.05) is 24.4 Å². The Bertz CT molecular complexity index is 927. The van der Waals surface area contributed by atoms with Crippen molar-refractivity contribution >= 4 is 11.6 Å². The van der Waals surface area contributed by atoms with E-state index in [0.717, 1.165) is 0 Å². The predicted molar refractivity (Wildman–Crippen MR) is 82.9 cm³/mol. The van der Waals surface area contributed by atoms with Crippen molar-refractivity contribution in [2.24, 2.45) is 0 Å². The molecule has 3 aromatic heterocycles. The van der Waals surface area contributed by atoms with Crippen LogP contribution in [0.5, 0.6) is 0 Å². The third kappa shape index (κ3) is 3.10. The van der Waals surface area contributed by atoms with Crippen molar-refractivity contribution in [1.29, 1.82) is 0 Å². The molecule has 0 aliphatic carbocycles. The Hall–Kier alpha value is -3.03. The number of carbonyl (C=O) groups is 1. The molecule has 0 bridgehead atoms. The van der Waals surface area contributed by atoms with Gasteiger partial charge in [-0.1, -0.05) is 6.07 Å². The van der Waals surface area contributed by atoms with Crippen molar-refractivity contribution in [3.8, 4) is 0 Å². The summed E-state index contributed by atoms with van der Waals surface area (Å²) in [6.45, 7) is 3.66. The van der Waals surface area contributed by atoms with E-state index in [-0.39, 0.29) is 24.4 Å². The Balaban J connectivity index is 1.70. The van der Waals surface area contributed by atoms with E-state index in [4.69, 9.17) is 0 Å². The van der Waals surface area contributed by atoms with Crippen LogP contribution in [0, 0.1) is 13.8 Å². The maximum atomic E-state index is 12.1. The summed E-state index contributed by atoms with van der Waals surface area (Å²) in [7, 11) is 0. The van der Waals surface area contributed by atoms with Crippen LogP contribution in [0.4, 0.5) is 0 Å². The second-order valence-corrected chi connectivity index (χ2v) is 5.21. The number of hydrogen-bond acceptors (Lipinski definition) is 5. The number of fused-ring (bicyclic) bond motifs is 1. The molecule has 0 saturated carbocycles. The Labute approximate surface area is 131 Å². The number of nitrogens with one attached hydrogen (secondary N) is 2. The monoisotopic (exact) mass is 312 g/mol. The number of aromatic nitrogens is 5. The predicted octanol–water partition coefficient (Wildman–Crippen LogP) is 0.288. The third-order valence-electron chi connectivity index (χ3n) is 3.51. The van der Waals surface area contributed by atoms with Crippen LogP contribution < -0.4 is 10.9 Å². The maximum absolute atomic E-state index is 12.1. The van der Waals surface area contributed by atoms with Crippen molar-refractivity contribution < 1.29 is 4.79 Å². The average Bonchev–Trinajstić information content (AvgIpc) is 2.92. The topological polar surface area (TPSA) is 105 Å². The number of hydrogen-bond donors (Lipinski definition) is 2. The summed E-state index contributed by atoms with van der Waals surface area (Å²) in [5.41, 5.74) is 1.37. The molecule has 0 aliphatic rings. The molecule has 1 amide bonds. The minimum Gasteiger partial charge on any atom is -0.348 e. The van der Waals surface area contributed by atoms with Gasteiger partial charge in [-0.3, -0.25) is 14.0 Å². The van der Waals surface area contributed by atoms with Gasteiger partial charge in [0.1, 0.15) is 5.82 Å². The summed E-state index contributed by atoms with van der Waals surface area (Å²) in [5.74, 6) is 0.894. The zero-order valence-electron chi connectivity index (χ0n) is 12.8. The summed E-state index contributed by atoms with van der Waals surface area (Å²) in [6, 6.07) is 5.56. The zero-order chi connectivity index (χ0) is 16.4. The van der Waals surface area contributed by atoms with Gasteiger partial charge in [0.25, 0.3) is 5.56 Å². The average molecular weight is 312 g/mol. The molecule has 0 spiro atoms. The van der Waals surface area contributed by atoms with Crippen LogP contribution in [0.15, 0.2) is 29.2 Å². The standard InChI is InChI=1S/C15H16N6O2/c1-9-11(15(23)18-10(2)17-9)7-14(22)16-8-13-20-19-12-5-3-4-6-21(12)13/h3-6H,7-8H2,1-2H3,(H,16,22)(H,17,18,23). The van der Waals surface area contributed by atoms with Crippen LogP contribution in [0.1, 0.15) is 22.9 Å². The van der Waals surface area contributed by atoms with Crippen LogP contribution in [-0.4, -0.2) is 30.5 Å². The van der Waals surface area contributed by atoms with Crippen LogP contribution in [0.3, 0.4) is 0 Å². The summed E-state index contributed by atoms with van der Waals surface area (Å²) in [6.07, 6.45) is 1.81. The maximum Gasteiger partial charge on any atom is 0.254 e. The first kappa shape index (κ1) is 14.9. The van der Waals surface area contributed by atoms with E-state index >= 15 is 0 Å². The lowest BCUT2D eigenvalue weighted by Crippen LogP contribution is -2.29. The molecule has 3 rings (SSSR count). The molecule has 3 aromatic rings. The van der Waals surface area contributed by atoms with Gasteiger partial charge < -0.3 is 10.3 Å². The van der Waals surface area contributed by atoms with E-state index in [2.05, 4.69) is 25.5 Å². The highest BCUT2D eigenvalue weighted by Gasteiger charge is 2.12. The summed E-state index contributed by atoms with van der Waals surface area (Å²) in [4.78, 5) is 30.8. The summed E-state index contributed by atoms with van der Waals surface area (Å²) in [5, 5.41) is 10.8. The van der Waals surface area contributed by atoms with E-state index in [1.54, 1.807) is 18.2 Å². The highest BCUT2D eigenvalue weighted by atomic mass is 16.2. The Morgan fingerprint density at radius 1 is 1.30 bits per heavy atom. The quantitative estimate of drug-likeness (QED) is 0.720. The van der Waals surface area contributed by atoms with E-state index < -0.39 is 0 Å². The van der Waals surface area contributed by atoms with Gasteiger partial charge in [0.05, 0.1) is 13.0 Å². The SMILES string of the molecule is Cc1nc(C)c(CC(=O)NCc2nnc3ccccn23)c(=O)[nH]1. The van der Waals surface area contributed by atoms with Gasteiger partial charge in [-0.25, -0.2) is 4.98 Å². The minimum atomic E-state index is -0.280. The van der Waals surface area contributed by atoms with Gasteiger partial charge in [-0.2, -0.15) is 0 Å². The number of aryl methyl sites for hydroxylation is 2. The first-order valence-corrected chi connectivity index (χ1v) is 7.16. The van der Waals surface area contributed by atoms with Crippen LogP contribution >= 0.6 is 0 Å². The van der Waals surface area contributed by atoms with Crippen molar-refractivity contribution in [1.82, 2.24) is 29.9 Å². The Morgan fingerprint density at radius 3 is 2.91 bits per heavy atom. The molecule has 0 atom stereocenters. The smallest absolute Gasteiger partial charge is 0.254 e. The number of nitrogens with zero attached hydrogens (tertiary/aromatic N) is 4. The lowest BCUT2D eigenvalue weighted by atomic mass is 10.1. The molecule has 0 radical (unpaired) electrons. The van der Waals surface area contributed by atoms with Gasteiger partial charge in [0.2, 0.25) is 5.91 Å². The largest absolute Gasteiger partial charge is 0.348 e. The normalized spacial score (nSPS) is 10.9. The first-order chi connectivity index (χ1) is 11.0. The Morgan fingerprint density at radius 2 is 2.13 bits per heavy atom. The molecule has 2 N–H and O–H groups in total. The molecule has 3 heterocycles. The number of H-pyrrole nitrogens is 1. The first-order valence-electron chi connectivity index (χ1n) is 7.16. The lowest BCUT2D eigenvalue weighted by Gasteiger charge is -2.06. The zero-order valence-corrected chi connectivity index (χ0v) is 12.8. The molecule has 0 aromatic carbocycles. The molecule has 0 saturated heterocycles. The van der Waals surface area contributed by atoms with Crippen molar-refractivity contribution in [2.75, 3.05) is 0 Å². The molecule has 0 unspecified atom stereocenters. The molecular formula is C15H16N6O2. The summed E-state index contributed by atoms with van der Waals surface area (Å²) >= 11 is 0. The van der Waals surface area contributed by atoms with Crippen molar-refractivity contribution in [3.63, 3.8) is 0 Å².